The summed E-state index contributed by atoms with van der Waals surface area (Å²) in [5, 5.41) is 6.81. The molecule has 1 aromatic rings. The van der Waals surface area contributed by atoms with Crippen LogP contribution in [0.5, 0.6) is 0 Å². The lowest BCUT2D eigenvalue weighted by molar-refractivity contribution is 0.121. The Morgan fingerprint density at radius 1 is 1.56 bits per heavy atom. The monoisotopic (exact) mass is 239 g/mol. The summed E-state index contributed by atoms with van der Waals surface area (Å²) in [7, 11) is 1.68. The van der Waals surface area contributed by atoms with Gasteiger partial charge in [0.25, 0.3) is 0 Å². The van der Waals surface area contributed by atoms with Gasteiger partial charge in [0.15, 0.2) is 5.11 Å². The molecule has 0 aromatic carbocycles. The van der Waals surface area contributed by atoms with E-state index in [4.69, 9.17) is 17.0 Å². The van der Waals surface area contributed by atoms with E-state index >= 15 is 0 Å². The minimum Gasteiger partial charge on any atom is -0.380 e. The normalized spacial score (nSPS) is 11.9. The highest BCUT2D eigenvalue weighted by atomic mass is 32.1. The van der Waals surface area contributed by atoms with E-state index in [9.17, 15) is 0 Å². The van der Waals surface area contributed by atoms with Crippen LogP contribution in [0.15, 0.2) is 24.5 Å². The summed E-state index contributed by atoms with van der Waals surface area (Å²) < 4.78 is 5.10. The van der Waals surface area contributed by atoms with E-state index in [2.05, 4.69) is 15.6 Å². The third-order valence-corrected chi connectivity index (χ3v) is 2.42. The zero-order valence-corrected chi connectivity index (χ0v) is 10.4. The highest BCUT2D eigenvalue weighted by Gasteiger charge is 2.00. The molecule has 5 heteroatoms. The van der Waals surface area contributed by atoms with Crippen molar-refractivity contribution in [3.63, 3.8) is 0 Å². The van der Waals surface area contributed by atoms with Crippen molar-refractivity contribution in [2.75, 3.05) is 13.7 Å². The van der Waals surface area contributed by atoms with E-state index in [0.717, 1.165) is 5.56 Å². The van der Waals surface area contributed by atoms with Crippen LogP contribution in [-0.2, 0) is 11.3 Å². The molecule has 0 saturated heterocycles. The van der Waals surface area contributed by atoms with E-state index < -0.39 is 0 Å². The van der Waals surface area contributed by atoms with Crippen LogP contribution < -0.4 is 10.6 Å². The van der Waals surface area contributed by atoms with Crippen LogP contribution in [0.1, 0.15) is 12.5 Å². The van der Waals surface area contributed by atoms with Gasteiger partial charge in [0.05, 0.1) is 6.10 Å². The molecule has 0 amide bonds. The van der Waals surface area contributed by atoms with Crippen molar-refractivity contribution in [2.45, 2.75) is 19.6 Å². The standard InChI is InChI=1S/C11H17N3OS/c1-9(15-2)6-13-11(16)14-8-10-4-3-5-12-7-10/h3-5,7,9H,6,8H2,1-2H3,(H2,13,14,16). The van der Waals surface area contributed by atoms with E-state index in [0.29, 0.717) is 18.2 Å². The lowest BCUT2D eigenvalue weighted by Gasteiger charge is -2.13. The van der Waals surface area contributed by atoms with Crippen LogP contribution >= 0.6 is 12.2 Å². The third kappa shape index (κ3) is 5.04. The largest absolute Gasteiger partial charge is 0.380 e. The minimum absolute atomic E-state index is 0.151. The molecule has 88 valence electrons. The van der Waals surface area contributed by atoms with Gasteiger partial charge in [-0.05, 0) is 30.8 Å². The lowest BCUT2D eigenvalue weighted by atomic mass is 10.3. The van der Waals surface area contributed by atoms with Gasteiger partial charge in [-0.1, -0.05) is 6.07 Å². The van der Waals surface area contributed by atoms with Crippen LogP contribution in [0, 0.1) is 0 Å². The smallest absolute Gasteiger partial charge is 0.166 e. The Morgan fingerprint density at radius 3 is 3.00 bits per heavy atom. The summed E-state index contributed by atoms with van der Waals surface area (Å²) in [6.07, 6.45) is 3.71. The van der Waals surface area contributed by atoms with Gasteiger partial charge in [-0.3, -0.25) is 4.98 Å². The van der Waals surface area contributed by atoms with E-state index in [-0.39, 0.29) is 6.10 Å². The van der Waals surface area contributed by atoms with Gasteiger partial charge in [-0.25, -0.2) is 0 Å². The second kappa shape index (κ2) is 7.14. The quantitative estimate of drug-likeness (QED) is 0.753. The first-order valence-electron chi connectivity index (χ1n) is 5.15. The number of hydrogen-bond donors (Lipinski definition) is 2. The maximum Gasteiger partial charge on any atom is 0.166 e. The first-order valence-corrected chi connectivity index (χ1v) is 5.56. The Labute approximate surface area is 101 Å². The number of pyridine rings is 1. The number of nitrogens with zero attached hydrogens (tertiary/aromatic N) is 1. The van der Waals surface area contributed by atoms with E-state index in [1.54, 1.807) is 13.3 Å². The minimum atomic E-state index is 0.151. The van der Waals surface area contributed by atoms with Gasteiger partial charge < -0.3 is 15.4 Å². The Hall–Kier alpha value is -1.20. The summed E-state index contributed by atoms with van der Waals surface area (Å²) in [4.78, 5) is 4.03. The predicted octanol–water partition coefficient (Wildman–Crippen LogP) is 1.08. The zero-order chi connectivity index (χ0) is 11.8. The first kappa shape index (κ1) is 12.9. The van der Waals surface area contributed by atoms with Crippen molar-refractivity contribution in [1.29, 1.82) is 0 Å². The molecular weight excluding hydrogens is 222 g/mol. The molecule has 1 aromatic heterocycles. The molecule has 1 rings (SSSR count). The molecule has 1 unspecified atom stereocenters. The van der Waals surface area contributed by atoms with Crippen molar-refractivity contribution in [3.05, 3.63) is 30.1 Å². The second-order valence-electron chi connectivity index (χ2n) is 3.47. The maximum atomic E-state index is 5.12. The van der Waals surface area contributed by atoms with Crippen molar-refractivity contribution < 1.29 is 4.74 Å². The third-order valence-electron chi connectivity index (χ3n) is 2.13. The number of thiocarbonyl (C=S) groups is 1. The van der Waals surface area contributed by atoms with Gasteiger partial charge >= 0.3 is 0 Å². The summed E-state index contributed by atoms with van der Waals surface area (Å²) in [5.74, 6) is 0. The highest BCUT2D eigenvalue weighted by molar-refractivity contribution is 7.80. The molecule has 2 N–H and O–H groups in total. The van der Waals surface area contributed by atoms with Crippen LogP contribution in [0.2, 0.25) is 0 Å². The molecule has 0 aliphatic heterocycles. The average molecular weight is 239 g/mol. The summed E-state index contributed by atoms with van der Waals surface area (Å²) in [6.45, 7) is 3.37. The van der Waals surface area contributed by atoms with Crippen LogP contribution in [0.4, 0.5) is 0 Å². The van der Waals surface area contributed by atoms with Crippen molar-refractivity contribution in [3.8, 4) is 0 Å². The number of ether oxygens (including phenoxy) is 1. The Morgan fingerprint density at radius 2 is 2.38 bits per heavy atom. The summed E-state index contributed by atoms with van der Waals surface area (Å²) in [5.41, 5.74) is 1.10. The second-order valence-corrected chi connectivity index (χ2v) is 3.88. The Kier molecular flexibility index (Phi) is 5.74. The summed E-state index contributed by atoms with van der Waals surface area (Å²) in [6, 6.07) is 3.90. The molecule has 0 fully saturated rings. The zero-order valence-electron chi connectivity index (χ0n) is 9.56. The van der Waals surface area contributed by atoms with Gasteiger partial charge in [-0.15, -0.1) is 0 Å². The molecule has 16 heavy (non-hydrogen) atoms. The van der Waals surface area contributed by atoms with Crippen LogP contribution in [0.3, 0.4) is 0 Å². The van der Waals surface area contributed by atoms with Crippen LogP contribution in [-0.4, -0.2) is 29.9 Å². The average Bonchev–Trinajstić information content (AvgIpc) is 2.34. The molecule has 1 atom stereocenters. The van der Waals surface area contributed by atoms with E-state index in [1.807, 2.05) is 25.3 Å². The van der Waals surface area contributed by atoms with Crippen molar-refractivity contribution >= 4 is 17.3 Å². The van der Waals surface area contributed by atoms with Gasteiger partial charge in [0.1, 0.15) is 0 Å². The van der Waals surface area contributed by atoms with Gasteiger partial charge in [-0.2, -0.15) is 0 Å². The molecule has 0 radical (unpaired) electrons. The lowest BCUT2D eigenvalue weighted by Crippen LogP contribution is -2.38. The molecular formula is C11H17N3OS. The molecule has 0 bridgehead atoms. The number of nitrogens with one attached hydrogen (secondary N) is 2. The maximum absolute atomic E-state index is 5.12. The molecule has 0 aliphatic carbocycles. The first-order chi connectivity index (χ1) is 7.72. The van der Waals surface area contributed by atoms with Crippen molar-refractivity contribution in [1.82, 2.24) is 15.6 Å². The topological polar surface area (TPSA) is 46.2 Å². The Bertz CT molecular complexity index is 318. The predicted molar refractivity (Wildman–Crippen MR) is 68.1 cm³/mol. The Balaban J connectivity index is 2.20. The molecule has 4 nitrogen and oxygen atoms in total. The SMILES string of the molecule is COC(C)CNC(=S)NCc1cccnc1. The molecule has 0 spiro atoms. The van der Waals surface area contributed by atoms with E-state index in [1.165, 1.54) is 0 Å². The molecule has 0 aliphatic rings. The van der Waals surface area contributed by atoms with Gasteiger partial charge in [0.2, 0.25) is 0 Å². The fourth-order valence-corrected chi connectivity index (χ4v) is 1.22. The summed E-state index contributed by atoms with van der Waals surface area (Å²) >= 11 is 5.12. The molecule has 0 saturated carbocycles. The fraction of sp³-hybridized carbons (Fsp3) is 0.455. The number of rotatable bonds is 5. The highest BCUT2D eigenvalue weighted by Crippen LogP contribution is 1.94. The molecule has 1 heterocycles. The number of methoxy groups -OCH3 is 1. The number of hydrogen-bond acceptors (Lipinski definition) is 3. The van der Waals surface area contributed by atoms with Crippen molar-refractivity contribution in [2.24, 2.45) is 0 Å². The van der Waals surface area contributed by atoms with Gasteiger partial charge in [0, 0.05) is 32.6 Å². The van der Waals surface area contributed by atoms with Crippen LogP contribution in [0.25, 0.3) is 0 Å². The fourth-order valence-electron chi connectivity index (χ4n) is 1.07. The number of aromatic nitrogens is 1.